The lowest BCUT2D eigenvalue weighted by Gasteiger charge is -2.15. The number of pyridine rings is 1. The zero-order valence-electron chi connectivity index (χ0n) is 17.6. The van der Waals surface area contributed by atoms with Crippen molar-refractivity contribution in [2.45, 2.75) is 69.6 Å². The molecular weight excluding hydrogens is 412 g/mol. The second-order valence-corrected chi connectivity index (χ2v) is 10.2. The van der Waals surface area contributed by atoms with Gasteiger partial charge in [0.1, 0.15) is 22.2 Å². The number of hydrogen-bond donors (Lipinski definition) is 1. The molecule has 2 aromatic rings. The minimum atomic E-state index is -0.385. The molecule has 2 aromatic heterocycles. The van der Waals surface area contributed by atoms with Crippen LogP contribution in [0.3, 0.4) is 0 Å². The standard InChI is InChI=1S/C23H26N4OS2/c1-4-19(29-22-15(12-24)9-10-16(26-22)11-14(2)3)21(28)27-23-18(13-25)17-7-5-6-8-20(17)30-23/h9-10,14,19H,4-8,11H2,1-3H3,(H,27,28). The molecule has 1 atom stereocenters. The second kappa shape index (κ2) is 10.1. The first-order valence-electron chi connectivity index (χ1n) is 10.4. The molecule has 3 rings (SSSR count). The second-order valence-electron chi connectivity index (χ2n) is 7.90. The fourth-order valence-corrected chi connectivity index (χ4v) is 5.86. The van der Waals surface area contributed by atoms with Gasteiger partial charge in [0, 0.05) is 10.6 Å². The van der Waals surface area contributed by atoms with Crippen LogP contribution in [0.15, 0.2) is 17.2 Å². The van der Waals surface area contributed by atoms with E-state index < -0.39 is 0 Å². The van der Waals surface area contributed by atoms with Crippen molar-refractivity contribution < 1.29 is 4.79 Å². The highest BCUT2D eigenvalue weighted by molar-refractivity contribution is 8.00. The van der Waals surface area contributed by atoms with Gasteiger partial charge in [-0.1, -0.05) is 32.5 Å². The Bertz CT molecular complexity index is 1010. The van der Waals surface area contributed by atoms with E-state index in [-0.39, 0.29) is 11.2 Å². The van der Waals surface area contributed by atoms with E-state index in [1.807, 2.05) is 13.0 Å². The van der Waals surface area contributed by atoms with Gasteiger partial charge in [0.15, 0.2) is 0 Å². The van der Waals surface area contributed by atoms with E-state index in [1.54, 1.807) is 6.07 Å². The van der Waals surface area contributed by atoms with Crippen LogP contribution in [0.2, 0.25) is 0 Å². The average Bonchev–Trinajstić information content (AvgIpc) is 3.08. The van der Waals surface area contributed by atoms with E-state index in [0.717, 1.165) is 43.4 Å². The number of aryl methyl sites for hydroxylation is 1. The molecule has 0 bridgehead atoms. The molecule has 0 radical (unpaired) electrons. The number of carbonyl (C=O) groups is 1. The molecule has 0 aromatic carbocycles. The molecule has 1 aliphatic carbocycles. The van der Waals surface area contributed by atoms with Gasteiger partial charge in [-0.05, 0) is 62.1 Å². The van der Waals surface area contributed by atoms with E-state index in [0.29, 0.717) is 33.5 Å². The zero-order chi connectivity index (χ0) is 21.7. The summed E-state index contributed by atoms with van der Waals surface area (Å²) in [6.07, 6.45) is 5.55. The lowest BCUT2D eigenvalue weighted by atomic mass is 9.96. The first kappa shape index (κ1) is 22.3. The van der Waals surface area contributed by atoms with Crippen molar-refractivity contribution >= 4 is 34.0 Å². The van der Waals surface area contributed by atoms with Gasteiger partial charge >= 0.3 is 0 Å². The van der Waals surface area contributed by atoms with Gasteiger partial charge in [0.2, 0.25) is 5.91 Å². The highest BCUT2D eigenvalue weighted by Crippen LogP contribution is 2.38. The van der Waals surface area contributed by atoms with Gasteiger partial charge in [-0.25, -0.2) is 4.98 Å². The molecule has 1 amide bonds. The van der Waals surface area contributed by atoms with Crippen molar-refractivity contribution in [1.82, 2.24) is 4.98 Å². The van der Waals surface area contributed by atoms with Crippen LogP contribution in [-0.4, -0.2) is 16.1 Å². The molecule has 7 heteroatoms. The largest absolute Gasteiger partial charge is 0.316 e. The number of nitrogens with one attached hydrogen (secondary N) is 1. The van der Waals surface area contributed by atoms with Crippen molar-refractivity contribution in [2.24, 2.45) is 5.92 Å². The van der Waals surface area contributed by atoms with Crippen LogP contribution < -0.4 is 5.32 Å². The topological polar surface area (TPSA) is 89.6 Å². The van der Waals surface area contributed by atoms with Crippen molar-refractivity contribution in [2.75, 3.05) is 5.32 Å². The van der Waals surface area contributed by atoms with Crippen LogP contribution in [0.1, 0.15) is 67.3 Å². The Morgan fingerprint density at radius 1 is 1.27 bits per heavy atom. The van der Waals surface area contributed by atoms with Crippen molar-refractivity contribution in [3.63, 3.8) is 0 Å². The van der Waals surface area contributed by atoms with E-state index in [9.17, 15) is 15.3 Å². The number of hydrogen-bond acceptors (Lipinski definition) is 6. The summed E-state index contributed by atoms with van der Waals surface area (Å²) in [6, 6.07) is 8.16. The average molecular weight is 439 g/mol. The molecule has 2 heterocycles. The molecule has 0 saturated heterocycles. The summed E-state index contributed by atoms with van der Waals surface area (Å²) in [6.45, 7) is 6.21. The Morgan fingerprint density at radius 3 is 2.70 bits per heavy atom. The maximum Gasteiger partial charge on any atom is 0.238 e. The van der Waals surface area contributed by atoms with Gasteiger partial charge in [0.25, 0.3) is 0 Å². The summed E-state index contributed by atoms with van der Waals surface area (Å²) in [4.78, 5) is 18.9. The first-order chi connectivity index (χ1) is 14.5. The number of nitriles is 2. The van der Waals surface area contributed by atoms with Gasteiger partial charge in [0.05, 0.1) is 16.4 Å². The summed E-state index contributed by atoms with van der Waals surface area (Å²) < 4.78 is 0. The molecule has 1 N–H and O–H groups in total. The molecule has 30 heavy (non-hydrogen) atoms. The summed E-state index contributed by atoms with van der Waals surface area (Å²) in [7, 11) is 0. The summed E-state index contributed by atoms with van der Waals surface area (Å²) in [5.74, 6) is 0.320. The lowest BCUT2D eigenvalue weighted by molar-refractivity contribution is -0.115. The van der Waals surface area contributed by atoms with Gasteiger partial charge in [-0.15, -0.1) is 11.3 Å². The predicted octanol–water partition coefficient (Wildman–Crippen LogP) is 5.47. The first-order valence-corrected chi connectivity index (χ1v) is 12.1. The Morgan fingerprint density at radius 2 is 2.03 bits per heavy atom. The van der Waals surface area contributed by atoms with Crippen LogP contribution in [0.25, 0.3) is 0 Å². The number of thioether (sulfide) groups is 1. The number of amides is 1. The summed E-state index contributed by atoms with van der Waals surface area (Å²) >= 11 is 2.87. The van der Waals surface area contributed by atoms with E-state index >= 15 is 0 Å². The third kappa shape index (κ3) is 5.03. The summed E-state index contributed by atoms with van der Waals surface area (Å²) in [5, 5.41) is 23.0. The molecule has 0 fully saturated rings. The monoisotopic (exact) mass is 438 g/mol. The van der Waals surface area contributed by atoms with E-state index in [4.69, 9.17) is 0 Å². The molecule has 0 spiro atoms. The Hall–Kier alpha value is -2.35. The van der Waals surface area contributed by atoms with Crippen LogP contribution in [0.4, 0.5) is 5.00 Å². The highest BCUT2D eigenvalue weighted by Gasteiger charge is 2.25. The zero-order valence-corrected chi connectivity index (χ0v) is 19.3. The van der Waals surface area contributed by atoms with Gasteiger partial charge in [-0.3, -0.25) is 4.79 Å². The number of aromatic nitrogens is 1. The molecule has 0 aliphatic heterocycles. The number of nitrogens with zero attached hydrogens (tertiary/aromatic N) is 3. The quantitative estimate of drug-likeness (QED) is 0.579. The number of carbonyl (C=O) groups excluding carboxylic acids is 1. The lowest BCUT2D eigenvalue weighted by Crippen LogP contribution is -2.24. The SMILES string of the molecule is CCC(Sc1nc(CC(C)C)ccc1C#N)C(=O)Nc1sc2c(c1C#N)CCCC2. The van der Waals surface area contributed by atoms with E-state index in [2.05, 4.69) is 36.3 Å². The molecular formula is C23H26N4OS2. The molecule has 5 nitrogen and oxygen atoms in total. The van der Waals surface area contributed by atoms with Crippen LogP contribution >= 0.6 is 23.1 Å². The Labute approximate surface area is 186 Å². The van der Waals surface area contributed by atoms with Crippen LogP contribution in [0.5, 0.6) is 0 Å². The van der Waals surface area contributed by atoms with Crippen LogP contribution in [-0.2, 0) is 24.1 Å². The molecule has 156 valence electrons. The smallest absolute Gasteiger partial charge is 0.238 e. The number of thiophene rings is 1. The maximum absolute atomic E-state index is 13.0. The Kier molecular flexibility index (Phi) is 7.53. The fraction of sp³-hybridized carbons (Fsp3) is 0.478. The molecule has 1 unspecified atom stereocenters. The maximum atomic E-state index is 13.0. The third-order valence-electron chi connectivity index (χ3n) is 5.09. The van der Waals surface area contributed by atoms with Crippen LogP contribution in [0, 0.1) is 28.6 Å². The fourth-order valence-electron chi connectivity index (χ4n) is 3.61. The van der Waals surface area contributed by atoms with E-state index in [1.165, 1.54) is 28.0 Å². The minimum Gasteiger partial charge on any atom is -0.316 e. The number of fused-ring (bicyclic) bond motifs is 1. The van der Waals surface area contributed by atoms with Crippen molar-refractivity contribution in [1.29, 1.82) is 10.5 Å². The summed E-state index contributed by atoms with van der Waals surface area (Å²) in [5.41, 5.74) is 3.15. The number of rotatable bonds is 7. The minimum absolute atomic E-state index is 0.141. The van der Waals surface area contributed by atoms with Crippen molar-refractivity contribution in [3.8, 4) is 12.1 Å². The number of anilines is 1. The Balaban J connectivity index is 1.80. The van der Waals surface area contributed by atoms with Gasteiger partial charge < -0.3 is 5.32 Å². The highest BCUT2D eigenvalue weighted by atomic mass is 32.2. The van der Waals surface area contributed by atoms with Crippen molar-refractivity contribution in [3.05, 3.63) is 39.4 Å². The molecule has 0 saturated carbocycles. The predicted molar refractivity (Wildman–Crippen MR) is 122 cm³/mol. The van der Waals surface area contributed by atoms with Gasteiger partial charge in [-0.2, -0.15) is 10.5 Å². The molecule has 1 aliphatic rings. The normalized spacial score (nSPS) is 13.9. The third-order valence-corrected chi connectivity index (χ3v) is 7.67.